The number of esters is 1. The third kappa shape index (κ3) is 46.6. The number of aliphatic hydroxyl groups is 2. The highest BCUT2D eigenvalue weighted by molar-refractivity contribution is 5.77. The predicted octanol–water partition coefficient (Wildman–Crippen LogP) is 17.2. The van der Waals surface area contributed by atoms with E-state index in [1.165, 1.54) is 173 Å². The van der Waals surface area contributed by atoms with E-state index in [9.17, 15) is 19.8 Å². The van der Waals surface area contributed by atoms with Gasteiger partial charge in [0.1, 0.15) is 6.10 Å². The zero-order valence-electron chi connectivity index (χ0n) is 42.9. The lowest BCUT2D eigenvalue weighted by molar-refractivity contribution is -0.151. The summed E-state index contributed by atoms with van der Waals surface area (Å²) >= 11 is 0. The van der Waals surface area contributed by atoms with Crippen LogP contribution in [0.25, 0.3) is 0 Å². The molecule has 64 heavy (non-hydrogen) atoms. The molecular weight excluding hydrogens is 791 g/mol. The monoisotopic (exact) mass is 900 g/mol. The van der Waals surface area contributed by atoms with Gasteiger partial charge in [0.2, 0.25) is 5.91 Å². The summed E-state index contributed by atoms with van der Waals surface area (Å²) < 4.78 is 5.94. The molecule has 0 aromatic carbocycles. The Morgan fingerprint density at radius 1 is 0.453 bits per heavy atom. The summed E-state index contributed by atoms with van der Waals surface area (Å²) in [5.74, 6) is -0.501. The molecule has 0 aliphatic carbocycles. The van der Waals surface area contributed by atoms with Gasteiger partial charge in [0.15, 0.2) is 0 Å². The van der Waals surface area contributed by atoms with E-state index in [4.69, 9.17) is 4.74 Å². The molecule has 0 spiro atoms. The van der Waals surface area contributed by atoms with Gasteiger partial charge in [-0.3, -0.25) is 9.59 Å². The second-order valence-electron chi connectivity index (χ2n) is 19.4. The Hall–Kier alpha value is -1.92. The maximum atomic E-state index is 13.2. The van der Waals surface area contributed by atoms with Gasteiger partial charge in [0, 0.05) is 6.42 Å². The van der Waals surface area contributed by atoms with Gasteiger partial charge >= 0.3 is 5.97 Å². The Labute approximate surface area is 398 Å². The standard InChI is InChI=1S/C58H109NO5/c1-4-7-10-13-16-19-22-25-28-30-33-36-39-42-45-48-51-58(63)64-54(49-46-43-40-37-34-31-29-26-23-20-17-14-11-8-5-2)52-57(62)59-55(53-60)56(61)50-47-44-41-38-35-32-27-24-21-18-15-12-9-6-3/h26,28-30,33,36,54-56,60-61H,4-25,27,31-32,34-35,37-53H2,1-3H3,(H,59,62)/b29-26+,30-28+,36-33+. The Bertz CT molecular complexity index is 1060. The number of allylic oxidation sites excluding steroid dienone is 6. The molecular formula is C58H109NO5. The van der Waals surface area contributed by atoms with Crippen LogP contribution in [0.3, 0.4) is 0 Å². The van der Waals surface area contributed by atoms with Crippen molar-refractivity contribution in [2.24, 2.45) is 0 Å². The van der Waals surface area contributed by atoms with Crippen molar-refractivity contribution in [3.63, 3.8) is 0 Å². The molecule has 0 fully saturated rings. The number of rotatable bonds is 51. The first-order valence-corrected chi connectivity index (χ1v) is 28.2. The van der Waals surface area contributed by atoms with E-state index in [1.54, 1.807) is 0 Å². The molecule has 376 valence electrons. The van der Waals surface area contributed by atoms with Crippen LogP contribution in [0.15, 0.2) is 36.5 Å². The molecule has 0 radical (unpaired) electrons. The third-order valence-electron chi connectivity index (χ3n) is 13.0. The van der Waals surface area contributed by atoms with Crippen LogP contribution in [-0.2, 0) is 14.3 Å². The number of ether oxygens (including phenoxy) is 1. The minimum Gasteiger partial charge on any atom is -0.462 e. The summed E-state index contributed by atoms with van der Waals surface area (Å²) in [4.78, 5) is 26.2. The lowest BCUT2D eigenvalue weighted by Gasteiger charge is -2.24. The maximum absolute atomic E-state index is 13.2. The molecule has 0 aliphatic rings. The summed E-state index contributed by atoms with van der Waals surface area (Å²) in [6.07, 6.45) is 62.0. The van der Waals surface area contributed by atoms with Gasteiger partial charge in [-0.2, -0.15) is 0 Å². The van der Waals surface area contributed by atoms with Gasteiger partial charge < -0.3 is 20.3 Å². The van der Waals surface area contributed by atoms with Gasteiger partial charge in [-0.25, -0.2) is 0 Å². The molecule has 0 bridgehead atoms. The van der Waals surface area contributed by atoms with Crippen molar-refractivity contribution >= 4 is 11.9 Å². The molecule has 0 saturated carbocycles. The van der Waals surface area contributed by atoms with Crippen molar-refractivity contribution in [3.05, 3.63) is 36.5 Å². The summed E-state index contributed by atoms with van der Waals surface area (Å²) in [7, 11) is 0. The molecule has 0 rings (SSSR count). The van der Waals surface area contributed by atoms with Crippen LogP contribution in [0, 0.1) is 0 Å². The molecule has 3 unspecified atom stereocenters. The number of hydrogen-bond acceptors (Lipinski definition) is 5. The minimum atomic E-state index is -0.793. The molecule has 0 aromatic rings. The van der Waals surface area contributed by atoms with Crippen LogP contribution in [0.2, 0.25) is 0 Å². The fourth-order valence-corrected chi connectivity index (χ4v) is 8.65. The van der Waals surface area contributed by atoms with Gasteiger partial charge in [0.25, 0.3) is 0 Å². The van der Waals surface area contributed by atoms with Crippen molar-refractivity contribution in [1.82, 2.24) is 5.32 Å². The second-order valence-corrected chi connectivity index (χ2v) is 19.4. The van der Waals surface area contributed by atoms with Crippen molar-refractivity contribution in [3.8, 4) is 0 Å². The summed E-state index contributed by atoms with van der Waals surface area (Å²) in [5, 5.41) is 23.8. The Morgan fingerprint density at radius 2 is 0.797 bits per heavy atom. The topological polar surface area (TPSA) is 95.9 Å². The van der Waals surface area contributed by atoms with E-state index in [1.807, 2.05) is 0 Å². The quantitative estimate of drug-likeness (QED) is 0.0245. The molecule has 1 amide bonds. The van der Waals surface area contributed by atoms with E-state index in [2.05, 4.69) is 62.5 Å². The molecule has 0 heterocycles. The number of nitrogens with one attached hydrogen (secondary N) is 1. The Morgan fingerprint density at radius 3 is 1.20 bits per heavy atom. The predicted molar refractivity (Wildman–Crippen MR) is 278 cm³/mol. The molecule has 0 aromatic heterocycles. The van der Waals surface area contributed by atoms with Crippen LogP contribution in [0.5, 0.6) is 0 Å². The molecule has 3 N–H and O–H groups in total. The van der Waals surface area contributed by atoms with E-state index in [-0.39, 0.29) is 24.9 Å². The SMILES string of the molecule is CCCCCCCC/C=C/CCCCCCCC(CC(=O)NC(CO)C(O)CCCCCCCCCCCCCCCC)OC(=O)CCCCC/C=C/C=C/CCCCCCCCC. The fraction of sp³-hybridized carbons (Fsp3) is 0.862. The highest BCUT2D eigenvalue weighted by Crippen LogP contribution is 2.18. The fourth-order valence-electron chi connectivity index (χ4n) is 8.65. The number of hydrogen-bond donors (Lipinski definition) is 3. The van der Waals surface area contributed by atoms with Crippen molar-refractivity contribution in [1.29, 1.82) is 0 Å². The highest BCUT2D eigenvalue weighted by Gasteiger charge is 2.24. The van der Waals surface area contributed by atoms with Crippen molar-refractivity contribution in [2.45, 2.75) is 315 Å². The van der Waals surface area contributed by atoms with Gasteiger partial charge in [-0.15, -0.1) is 0 Å². The van der Waals surface area contributed by atoms with Crippen LogP contribution in [0.4, 0.5) is 0 Å². The third-order valence-corrected chi connectivity index (χ3v) is 13.0. The first-order chi connectivity index (χ1) is 31.5. The number of unbranched alkanes of at least 4 members (excludes halogenated alkanes) is 34. The van der Waals surface area contributed by atoms with Gasteiger partial charge in [-0.1, -0.05) is 243 Å². The van der Waals surface area contributed by atoms with E-state index < -0.39 is 18.2 Å². The van der Waals surface area contributed by atoms with E-state index >= 15 is 0 Å². The van der Waals surface area contributed by atoms with E-state index in [0.29, 0.717) is 19.3 Å². The average molecular weight is 901 g/mol. The van der Waals surface area contributed by atoms with Crippen LogP contribution in [-0.4, -0.2) is 46.9 Å². The second kappa shape index (κ2) is 52.1. The lowest BCUT2D eigenvalue weighted by atomic mass is 10.0. The average Bonchev–Trinajstić information content (AvgIpc) is 3.29. The molecule has 3 atom stereocenters. The first kappa shape index (κ1) is 62.1. The van der Waals surface area contributed by atoms with Crippen LogP contribution >= 0.6 is 0 Å². The summed E-state index contributed by atoms with van der Waals surface area (Å²) in [5.41, 5.74) is 0. The number of carbonyl (C=O) groups excluding carboxylic acids is 2. The largest absolute Gasteiger partial charge is 0.462 e. The molecule has 6 heteroatoms. The summed E-state index contributed by atoms with van der Waals surface area (Å²) in [6, 6.07) is -0.708. The maximum Gasteiger partial charge on any atom is 0.306 e. The number of carbonyl (C=O) groups is 2. The zero-order chi connectivity index (χ0) is 46.7. The lowest BCUT2D eigenvalue weighted by Crippen LogP contribution is -2.46. The Balaban J connectivity index is 4.60. The van der Waals surface area contributed by atoms with Crippen LogP contribution in [0.1, 0.15) is 297 Å². The van der Waals surface area contributed by atoms with Gasteiger partial charge in [-0.05, 0) is 77.0 Å². The van der Waals surface area contributed by atoms with Crippen molar-refractivity contribution < 1.29 is 24.5 Å². The van der Waals surface area contributed by atoms with Crippen molar-refractivity contribution in [2.75, 3.05) is 6.61 Å². The molecule has 0 saturated heterocycles. The molecule has 0 aliphatic heterocycles. The van der Waals surface area contributed by atoms with Crippen LogP contribution < -0.4 is 5.32 Å². The normalized spacial score (nSPS) is 13.4. The highest BCUT2D eigenvalue weighted by atomic mass is 16.5. The Kier molecular flexibility index (Phi) is 50.5. The minimum absolute atomic E-state index is 0.0640. The zero-order valence-corrected chi connectivity index (χ0v) is 42.9. The van der Waals surface area contributed by atoms with Gasteiger partial charge in [0.05, 0.1) is 25.2 Å². The first-order valence-electron chi connectivity index (χ1n) is 28.2. The molecule has 6 nitrogen and oxygen atoms in total. The van der Waals surface area contributed by atoms with E-state index in [0.717, 1.165) is 77.0 Å². The number of aliphatic hydroxyl groups excluding tert-OH is 2. The number of amides is 1. The summed E-state index contributed by atoms with van der Waals surface area (Å²) in [6.45, 7) is 6.49. The smallest absolute Gasteiger partial charge is 0.306 e.